The van der Waals surface area contributed by atoms with Crippen molar-refractivity contribution in [3.63, 3.8) is 0 Å². The highest BCUT2D eigenvalue weighted by Crippen LogP contribution is 2.17. The fourth-order valence-electron chi connectivity index (χ4n) is 1.66. The first-order valence-electron chi connectivity index (χ1n) is 5.84. The first-order valence-corrected chi connectivity index (χ1v) is 6.64. The van der Waals surface area contributed by atoms with Gasteiger partial charge in [-0.25, -0.2) is 4.39 Å². The van der Waals surface area contributed by atoms with E-state index in [0.29, 0.717) is 6.04 Å². The van der Waals surface area contributed by atoms with Gasteiger partial charge in [0, 0.05) is 10.5 Å². The van der Waals surface area contributed by atoms with Crippen molar-refractivity contribution in [3.05, 3.63) is 34.1 Å². The van der Waals surface area contributed by atoms with Crippen LogP contribution in [-0.2, 0) is 6.42 Å². The van der Waals surface area contributed by atoms with Gasteiger partial charge in [0.2, 0.25) is 0 Å². The lowest BCUT2D eigenvalue weighted by atomic mass is 10.0. The molecule has 0 spiro atoms. The summed E-state index contributed by atoms with van der Waals surface area (Å²) >= 11 is 3.27. The molecule has 0 aromatic heterocycles. The minimum Gasteiger partial charge on any atom is -0.314 e. The zero-order chi connectivity index (χ0) is 12.0. The van der Waals surface area contributed by atoms with Gasteiger partial charge in [-0.1, -0.05) is 35.8 Å². The second-order valence-corrected chi connectivity index (χ2v) is 4.91. The van der Waals surface area contributed by atoms with Gasteiger partial charge in [-0.2, -0.15) is 0 Å². The average Bonchev–Trinajstić information content (AvgIpc) is 2.27. The van der Waals surface area contributed by atoms with Crippen LogP contribution in [0.15, 0.2) is 22.7 Å². The van der Waals surface area contributed by atoms with Crippen LogP contribution in [0.1, 0.15) is 32.3 Å². The number of benzene rings is 1. The molecule has 90 valence electrons. The zero-order valence-corrected chi connectivity index (χ0v) is 11.5. The Morgan fingerprint density at radius 1 is 1.38 bits per heavy atom. The summed E-state index contributed by atoms with van der Waals surface area (Å²) in [6.07, 6.45) is 2.89. The van der Waals surface area contributed by atoms with Gasteiger partial charge in [0.1, 0.15) is 5.82 Å². The number of hydrogen-bond acceptors (Lipinski definition) is 1. The third kappa shape index (κ3) is 4.22. The van der Waals surface area contributed by atoms with Crippen LogP contribution in [-0.4, -0.2) is 12.6 Å². The number of nitrogens with one attached hydrogen (secondary N) is 1. The fourth-order valence-corrected chi connectivity index (χ4v) is 2.00. The molecule has 0 heterocycles. The summed E-state index contributed by atoms with van der Waals surface area (Å²) in [4.78, 5) is 0. The molecule has 0 saturated carbocycles. The van der Waals surface area contributed by atoms with E-state index in [4.69, 9.17) is 0 Å². The van der Waals surface area contributed by atoms with Crippen LogP contribution in [0.5, 0.6) is 0 Å². The molecule has 1 N–H and O–H groups in total. The average molecular weight is 288 g/mol. The van der Waals surface area contributed by atoms with Gasteiger partial charge < -0.3 is 5.32 Å². The monoisotopic (exact) mass is 287 g/mol. The van der Waals surface area contributed by atoms with Gasteiger partial charge in [-0.3, -0.25) is 0 Å². The standard InChI is InChI=1S/C13H19BrFN/c1-3-7-16-12(4-2)8-10-5-6-11(14)9-13(10)15/h5-6,9,12,16H,3-4,7-8H2,1-2H3. The second-order valence-electron chi connectivity index (χ2n) is 4.00. The summed E-state index contributed by atoms with van der Waals surface area (Å²) in [6, 6.07) is 5.65. The summed E-state index contributed by atoms with van der Waals surface area (Å²) in [5.74, 6) is -0.119. The highest BCUT2D eigenvalue weighted by molar-refractivity contribution is 9.10. The van der Waals surface area contributed by atoms with Crippen LogP contribution in [0.2, 0.25) is 0 Å². The molecular formula is C13H19BrFN. The Morgan fingerprint density at radius 2 is 2.12 bits per heavy atom. The Bertz CT molecular complexity index is 328. The molecular weight excluding hydrogens is 269 g/mol. The van der Waals surface area contributed by atoms with E-state index in [2.05, 4.69) is 35.1 Å². The molecule has 3 heteroatoms. The van der Waals surface area contributed by atoms with E-state index in [1.54, 1.807) is 0 Å². The van der Waals surface area contributed by atoms with Gasteiger partial charge in [0.15, 0.2) is 0 Å². The highest BCUT2D eigenvalue weighted by atomic mass is 79.9. The quantitative estimate of drug-likeness (QED) is 0.837. The normalized spacial score (nSPS) is 12.8. The summed E-state index contributed by atoms with van der Waals surface area (Å²) in [6.45, 7) is 5.26. The van der Waals surface area contributed by atoms with Gasteiger partial charge in [0.05, 0.1) is 0 Å². The Labute approximate surface area is 106 Å². The van der Waals surface area contributed by atoms with Crippen molar-refractivity contribution in [2.24, 2.45) is 0 Å². The first-order chi connectivity index (χ1) is 7.67. The Morgan fingerprint density at radius 3 is 2.69 bits per heavy atom. The Balaban J connectivity index is 2.62. The summed E-state index contributed by atoms with van der Waals surface area (Å²) in [5.41, 5.74) is 0.790. The molecule has 0 aliphatic rings. The lowest BCUT2D eigenvalue weighted by molar-refractivity contribution is 0.483. The van der Waals surface area contributed by atoms with E-state index in [1.165, 1.54) is 6.07 Å². The van der Waals surface area contributed by atoms with Crippen LogP contribution < -0.4 is 5.32 Å². The molecule has 0 radical (unpaired) electrons. The molecule has 0 amide bonds. The molecule has 0 bridgehead atoms. The van der Waals surface area contributed by atoms with E-state index in [1.807, 2.05) is 12.1 Å². The molecule has 0 fully saturated rings. The third-order valence-electron chi connectivity index (χ3n) is 2.66. The molecule has 0 aliphatic heterocycles. The van der Waals surface area contributed by atoms with Crippen LogP contribution >= 0.6 is 15.9 Å². The lowest BCUT2D eigenvalue weighted by Crippen LogP contribution is -2.31. The van der Waals surface area contributed by atoms with Crippen LogP contribution in [0.4, 0.5) is 4.39 Å². The minimum absolute atomic E-state index is 0.119. The first kappa shape index (κ1) is 13.7. The molecule has 0 aliphatic carbocycles. The predicted molar refractivity (Wildman–Crippen MR) is 70.2 cm³/mol. The minimum atomic E-state index is -0.119. The smallest absolute Gasteiger partial charge is 0.127 e. The topological polar surface area (TPSA) is 12.0 Å². The van der Waals surface area contributed by atoms with E-state index in [9.17, 15) is 4.39 Å². The molecule has 1 nitrogen and oxygen atoms in total. The number of halogens is 2. The predicted octanol–water partition coefficient (Wildman–Crippen LogP) is 3.91. The van der Waals surface area contributed by atoms with E-state index in [-0.39, 0.29) is 5.82 Å². The molecule has 1 aromatic rings. The van der Waals surface area contributed by atoms with E-state index >= 15 is 0 Å². The highest BCUT2D eigenvalue weighted by Gasteiger charge is 2.09. The lowest BCUT2D eigenvalue weighted by Gasteiger charge is -2.17. The maximum atomic E-state index is 13.6. The SMILES string of the molecule is CCCNC(CC)Cc1ccc(Br)cc1F. The molecule has 1 unspecified atom stereocenters. The van der Waals surface area contributed by atoms with Crippen LogP contribution in [0.3, 0.4) is 0 Å². The molecule has 1 atom stereocenters. The van der Waals surface area contributed by atoms with Crippen molar-refractivity contribution in [1.82, 2.24) is 5.32 Å². The second kappa shape index (κ2) is 7.02. The largest absolute Gasteiger partial charge is 0.314 e. The maximum absolute atomic E-state index is 13.6. The van der Waals surface area contributed by atoms with Gasteiger partial charge >= 0.3 is 0 Å². The van der Waals surface area contributed by atoms with Crippen LogP contribution in [0.25, 0.3) is 0 Å². The van der Waals surface area contributed by atoms with E-state index < -0.39 is 0 Å². The summed E-state index contributed by atoms with van der Waals surface area (Å²) < 4.78 is 14.4. The third-order valence-corrected chi connectivity index (χ3v) is 3.15. The van der Waals surface area contributed by atoms with Crippen molar-refractivity contribution in [2.75, 3.05) is 6.54 Å². The summed E-state index contributed by atoms with van der Waals surface area (Å²) in [7, 11) is 0. The van der Waals surface area contributed by atoms with Crippen molar-refractivity contribution in [2.45, 2.75) is 39.2 Å². The zero-order valence-electron chi connectivity index (χ0n) is 9.89. The summed E-state index contributed by atoms with van der Waals surface area (Å²) in [5, 5.41) is 3.43. The molecule has 1 rings (SSSR count). The van der Waals surface area contributed by atoms with Crippen molar-refractivity contribution >= 4 is 15.9 Å². The van der Waals surface area contributed by atoms with Gasteiger partial charge in [-0.15, -0.1) is 0 Å². The van der Waals surface area contributed by atoms with Gasteiger partial charge in [-0.05, 0) is 43.5 Å². The maximum Gasteiger partial charge on any atom is 0.127 e. The molecule has 1 aromatic carbocycles. The van der Waals surface area contributed by atoms with Gasteiger partial charge in [0.25, 0.3) is 0 Å². The van der Waals surface area contributed by atoms with E-state index in [0.717, 1.165) is 35.8 Å². The van der Waals surface area contributed by atoms with Crippen molar-refractivity contribution in [3.8, 4) is 0 Å². The van der Waals surface area contributed by atoms with Crippen molar-refractivity contribution < 1.29 is 4.39 Å². The Hall–Kier alpha value is -0.410. The van der Waals surface area contributed by atoms with Crippen molar-refractivity contribution in [1.29, 1.82) is 0 Å². The fraction of sp³-hybridized carbons (Fsp3) is 0.538. The molecule has 16 heavy (non-hydrogen) atoms. The molecule has 0 saturated heterocycles. The number of rotatable bonds is 6. The Kier molecular flexibility index (Phi) is 5.99. The number of hydrogen-bond donors (Lipinski definition) is 1. The van der Waals surface area contributed by atoms with Crippen LogP contribution in [0, 0.1) is 5.82 Å².